The van der Waals surface area contributed by atoms with Gasteiger partial charge in [0.2, 0.25) is 5.89 Å². The SMILES string of the molecule is CCc1nnc(COc2c(C)cc(C=O)cc2C)o1. The fourth-order valence-corrected chi connectivity index (χ4v) is 1.90. The number of aromatic nitrogens is 2. The molecule has 0 fully saturated rings. The highest BCUT2D eigenvalue weighted by Crippen LogP contribution is 2.25. The van der Waals surface area contributed by atoms with Crippen molar-refractivity contribution in [2.45, 2.75) is 33.8 Å². The lowest BCUT2D eigenvalue weighted by molar-refractivity contribution is 0.112. The van der Waals surface area contributed by atoms with Crippen LogP contribution in [-0.4, -0.2) is 16.5 Å². The first-order valence-electron chi connectivity index (χ1n) is 6.14. The number of aldehydes is 1. The largest absolute Gasteiger partial charge is 0.483 e. The van der Waals surface area contributed by atoms with Crippen molar-refractivity contribution in [3.05, 3.63) is 40.6 Å². The number of aryl methyl sites for hydroxylation is 3. The molecular formula is C14H16N2O3. The van der Waals surface area contributed by atoms with Gasteiger partial charge in [0.05, 0.1) is 0 Å². The summed E-state index contributed by atoms with van der Waals surface area (Å²) in [5.74, 6) is 1.81. The Morgan fingerprint density at radius 2 is 1.84 bits per heavy atom. The predicted molar refractivity (Wildman–Crippen MR) is 69.3 cm³/mol. The predicted octanol–water partition coefficient (Wildman–Crippen LogP) is 2.64. The van der Waals surface area contributed by atoms with E-state index in [2.05, 4.69) is 10.2 Å². The highest BCUT2D eigenvalue weighted by Gasteiger charge is 2.09. The molecule has 1 aromatic heterocycles. The van der Waals surface area contributed by atoms with Crippen LogP contribution >= 0.6 is 0 Å². The average molecular weight is 260 g/mol. The smallest absolute Gasteiger partial charge is 0.253 e. The zero-order valence-corrected chi connectivity index (χ0v) is 11.3. The Hall–Kier alpha value is -2.17. The number of rotatable bonds is 5. The van der Waals surface area contributed by atoms with E-state index in [1.54, 1.807) is 12.1 Å². The Morgan fingerprint density at radius 1 is 1.21 bits per heavy atom. The Morgan fingerprint density at radius 3 is 2.37 bits per heavy atom. The van der Waals surface area contributed by atoms with Gasteiger partial charge in [-0.05, 0) is 37.1 Å². The second-order valence-electron chi connectivity index (χ2n) is 4.33. The molecule has 0 aliphatic carbocycles. The van der Waals surface area contributed by atoms with Crippen LogP contribution in [-0.2, 0) is 13.0 Å². The van der Waals surface area contributed by atoms with Crippen LogP contribution in [0.3, 0.4) is 0 Å². The average Bonchev–Trinajstić information content (AvgIpc) is 2.85. The van der Waals surface area contributed by atoms with Gasteiger partial charge in [0, 0.05) is 12.0 Å². The van der Waals surface area contributed by atoms with E-state index in [4.69, 9.17) is 9.15 Å². The number of hydrogen-bond donors (Lipinski definition) is 0. The third kappa shape index (κ3) is 2.99. The van der Waals surface area contributed by atoms with Crippen LogP contribution in [0.4, 0.5) is 0 Å². The third-order valence-corrected chi connectivity index (χ3v) is 2.77. The van der Waals surface area contributed by atoms with Gasteiger partial charge in [-0.1, -0.05) is 6.92 Å². The lowest BCUT2D eigenvalue weighted by Gasteiger charge is -2.11. The summed E-state index contributed by atoms with van der Waals surface area (Å²) in [4.78, 5) is 10.8. The summed E-state index contributed by atoms with van der Waals surface area (Å²) >= 11 is 0. The molecule has 0 aliphatic heterocycles. The molecule has 0 atom stereocenters. The molecule has 0 aliphatic rings. The highest BCUT2D eigenvalue weighted by atomic mass is 16.5. The standard InChI is InChI=1S/C14H16N2O3/c1-4-12-15-16-13(19-12)8-18-14-9(2)5-11(7-17)6-10(14)3/h5-7H,4,8H2,1-3H3. The fourth-order valence-electron chi connectivity index (χ4n) is 1.90. The summed E-state index contributed by atoms with van der Waals surface area (Å²) in [6.07, 6.45) is 1.54. The minimum absolute atomic E-state index is 0.231. The summed E-state index contributed by atoms with van der Waals surface area (Å²) in [5, 5.41) is 7.77. The van der Waals surface area contributed by atoms with E-state index < -0.39 is 0 Å². The molecule has 0 saturated carbocycles. The van der Waals surface area contributed by atoms with Gasteiger partial charge in [-0.25, -0.2) is 0 Å². The Bertz CT molecular complexity index is 567. The second-order valence-corrected chi connectivity index (χ2v) is 4.33. The topological polar surface area (TPSA) is 65.2 Å². The van der Waals surface area contributed by atoms with Crippen LogP contribution in [0, 0.1) is 13.8 Å². The first kappa shape index (κ1) is 13.3. The molecule has 0 amide bonds. The normalized spacial score (nSPS) is 10.5. The quantitative estimate of drug-likeness (QED) is 0.773. The zero-order valence-electron chi connectivity index (χ0n) is 11.3. The molecule has 0 N–H and O–H groups in total. The molecule has 2 rings (SSSR count). The van der Waals surface area contributed by atoms with E-state index in [1.165, 1.54) is 0 Å². The summed E-state index contributed by atoms with van der Waals surface area (Å²) in [5.41, 5.74) is 2.48. The van der Waals surface area contributed by atoms with E-state index in [0.29, 0.717) is 23.8 Å². The van der Waals surface area contributed by atoms with E-state index >= 15 is 0 Å². The molecule has 1 heterocycles. The summed E-state index contributed by atoms with van der Waals surface area (Å²) in [6.45, 7) is 5.99. The Balaban J connectivity index is 2.13. The van der Waals surface area contributed by atoms with Crippen molar-refractivity contribution in [1.29, 1.82) is 0 Å². The fraction of sp³-hybridized carbons (Fsp3) is 0.357. The van der Waals surface area contributed by atoms with Crippen LogP contribution in [0.2, 0.25) is 0 Å². The molecule has 0 unspecified atom stereocenters. The van der Waals surface area contributed by atoms with E-state index in [-0.39, 0.29) is 6.61 Å². The molecule has 5 nitrogen and oxygen atoms in total. The van der Waals surface area contributed by atoms with Crippen LogP contribution < -0.4 is 4.74 Å². The van der Waals surface area contributed by atoms with Gasteiger partial charge in [0.25, 0.3) is 5.89 Å². The molecule has 19 heavy (non-hydrogen) atoms. The van der Waals surface area contributed by atoms with Gasteiger partial charge in [-0.15, -0.1) is 10.2 Å². The van der Waals surface area contributed by atoms with E-state index in [1.807, 2.05) is 20.8 Å². The highest BCUT2D eigenvalue weighted by molar-refractivity contribution is 5.76. The minimum Gasteiger partial charge on any atom is -0.483 e. The minimum atomic E-state index is 0.231. The van der Waals surface area contributed by atoms with Crippen LogP contribution in [0.1, 0.15) is 40.2 Å². The number of ether oxygens (including phenoxy) is 1. The van der Waals surface area contributed by atoms with Crippen molar-refractivity contribution in [2.75, 3.05) is 0 Å². The maximum Gasteiger partial charge on any atom is 0.253 e. The van der Waals surface area contributed by atoms with Crippen molar-refractivity contribution in [3.63, 3.8) is 0 Å². The van der Waals surface area contributed by atoms with Crippen molar-refractivity contribution in [2.24, 2.45) is 0 Å². The number of benzene rings is 1. The summed E-state index contributed by atoms with van der Waals surface area (Å²) in [6, 6.07) is 3.58. The van der Waals surface area contributed by atoms with E-state index in [9.17, 15) is 4.79 Å². The monoisotopic (exact) mass is 260 g/mol. The Labute approximate surface area is 111 Å². The lowest BCUT2D eigenvalue weighted by atomic mass is 10.1. The maximum absolute atomic E-state index is 10.8. The number of hydrogen-bond acceptors (Lipinski definition) is 5. The molecular weight excluding hydrogens is 244 g/mol. The second kappa shape index (κ2) is 5.65. The van der Waals surface area contributed by atoms with Crippen LogP contribution in [0.25, 0.3) is 0 Å². The van der Waals surface area contributed by atoms with Crippen molar-refractivity contribution in [3.8, 4) is 5.75 Å². The number of carbonyl (C=O) groups excluding carboxylic acids is 1. The molecule has 1 aromatic carbocycles. The molecule has 0 radical (unpaired) electrons. The van der Waals surface area contributed by atoms with E-state index in [0.717, 1.165) is 23.2 Å². The van der Waals surface area contributed by atoms with Gasteiger partial charge >= 0.3 is 0 Å². The van der Waals surface area contributed by atoms with Gasteiger partial charge < -0.3 is 9.15 Å². The van der Waals surface area contributed by atoms with Gasteiger partial charge in [-0.2, -0.15) is 0 Å². The van der Waals surface area contributed by atoms with Crippen LogP contribution in [0.15, 0.2) is 16.5 Å². The van der Waals surface area contributed by atoms with Gasteiger partial charge in [0.15, 0.2) is 6.61 Å². The Kier molecular flexibility index (Phi) is 3.94. The van der Waals surface area contributed by atoms with Crippen molar-refractivity contribution < 1.29 is 13.9 Å². The number of nitrogens with zero attached hydrogens (tertiary/aromatic N) is 2. The maximum atomic E-state index is 10.8. The first-order valence-corrected chi connectivity index (χ1v) is 6.14. The van der Waals surface area contributed by atoms with Gasteiger partial charge in [0.1, 0.15) is 12.0 Å². The molecule has 0 bridgehead atoms. The first-order chi connectivity index (χ1) is 9.13. The molecule has 100 valence electrons. The number of carbonyl (C=O) groups is 1. The molecule has 2 aromatic rings. The lowest BCUT2D eigenvalue weighted by Crippen LogP contribution is -2.00. The zero-order chi connectivity index (χ0) is 13.8. The van der Waals surface area contributed by atoms with Crippen molar-refractivity contribution in [1.82, 2.24) is 10.2 Å². The molecule has 0 spiro atoms. The van der Waals surface area contributed by atoms with Crippen LogP contribution in [0.5, 0.6) is 5.75 Å². The third-order valence-electron chi connectivity index (χ3n) is 2.77. The molecule has 5 heteroatoms. The van der Waals surface area contributed by atoms with Crippen molar-refractivity contribution >= 4 is 6.29 Å². The summed E-state index contributed by atoms with van der Waals surface area (Å²) in [7, 11) is 0. The molecule has 0 saturated heterocycles. The van der Waals surface area contributed by atoms with Gasteiger partial charge in [-0.3, -0.25) is 4.79 Å². The summed E-state index contributed by atoms with van der Waals surface area (Å²) < 4.78 is 11.1.